The molecular formula is C20H27FN4O2. The van der Waals surface area contributed by atoms with Crippen LogP contribution in [0.4, 0.5) is 4.39 Å². The van der Waals surface area contributed by atoms with Gasteiger partial charge >= 0.3 is 0 Å². The fourth-order valence-electron chi connectivity index (χ4n) is 3.50. The van der Waals surface area contributed by atoms with Crippen molar-refractivity contribution in [3.8, 4) is 0 Å². The van der Waals surface area contributed by atoms with Crippen molar-refractivity contribution in [3.63, 3.8) is 0 Å². The maximum Gasteiger partial charge on any atom is 0.256 e. The van der Waals surface area contributed by atoms with Crippen LogP contribution in [0.5, 0.6) is 0 Å². The molecule has 2 aromatic rings. The zero-order valence-electron chi connectivity index (χ0n) is 15.9. The van der Waals surface area contributed by atoms with Crippen LogP contribution in [0.1, 0.15) is 36.3 Å². The van der Waals surface area contributed by atoms with Crippen LogP contribution in [-0.4, -0.2) is 64.1 Å². The molecule has 0 saturated carbocycles. The third-order valence-corrected chi connectivity index (χ3v) is 5.13. The third-order valence-electron chi connectivity index (χ3n) is 5.13. The normalized spacial score (nSPS) is 16.7. The number of piperidine rings is 1. The zero-order valence-corrected chi connectivity index (χ0v) is 15.9. The number of imidazole rings is 1. The molecule has 1 aromatic carbocycles. The number of aliphatic hydroxyl groups excluding tert-OH is 1. The SMILES string of the molecule is CN(C)CCn1ccnc1C1CCN(C(=O)C(O)c2ccc(F)cc2)CC1. The number of benzene rings is 1. The Bertz CT molecular complexity index is 752. The summed E-state index contributed by atoms with van der Waals surface area (Å²) in [5, 5.41) is 10.3. The van der Waals surface area contributed by atoms with E-state index in [1.807, 2.05) is 26.5 Å². The lowest BCUT2D eigenvalue weighted by Gasteiger charge is -2.33. The van der Waals surface area contributed by atoms with E-state index in [4.69, 9.17) is 0 Å². The summed E-state index contributed by atoms with van der Waals surface area (Å²) >= 11 is 0. The lowest BCUT2D eigenvalue weighted by molar-refractivity contribution is -0.141. The van der Waals surface area contributed by atoms with Gasteiger partial charge in [0.05, 0.1) is 0 Å². The highest BCUT2D eigenvalue weighted by atomic mass is 19.1. The number of hydrogen-bond acceptors (Lipinski definition) is 4. The van der Waals surface area contributed by atoms with Gasteiger partial charge in [-0.2, -0.15) is 0 Å². The van der Waals surface area contributed by atoms with E-state index in [2.05, 4.69) is 14.5 Å². The molecule has 0 radical (unpaired) electrons. The first-order valence-corrected chi connectivity index (χ1v) is 9.34. The highest BCUT2D eigenvalue weighted by molar-refractivity contribution is 5.82. The van der Waals surface area contributed by atoms with Crippen molar-refractivity contribution >= 4 is 5.91 Å². The molecule has 1 amide bonds. The highest BCUT2D eigenvalue weighted by Crippen LogP contribution is 2.28. The van der Waals surface area contributed by atoms with Crippen LogP contribution < -0.4 is 0 Å². The Labute approximate surface area is 159 Å². The number of rotatable bonds is 6. The van der Waals surface area contributed by atoms with Gasteiger partial charge in [-0.1, -0.05) is 12.1 Å². The minimum atomic E-state index is -1.25. The number of carbonyl (C=O) groups excluding carboxylic acids is 1. The molecule has 6 nitrogen and oxygen atoms in total. The Kier molecular flexibility index (Phi) is 6.23. The van der Waals surface area contributed by atoms with Crippen molar-refractivity contribution in [1.29, 1.82) is 0 Å². The molecule has 2 heterocycles. The third kappa shape index (κ3) is 4.73. The van der Waals surface area contributed by atoms with Gasteiger partial charge in [-0.3, -0.25) is 4.79 Å². The topological polar surface area (TPSA) is 61.6 Å². The van der Waals surface area contributed by atoms with E-state index >= 15 is 0 Å². The molecule has 3 rings (SSSR count). The standard InChI is InChI=1S/C20H27FN4O2/c1-23(2)13-14-24-12-9-22-19(24)16-7-10-25(11-8-16)20(27)18(26)15-3-5-17(21)6-4-15/h3-6,9,12,16,18,26H,7-8,10-11,13-14H2,1-2H3. The zero-order chi connectivity index (χ0) is 19.4. The molecule has 7 heteroatoms. The number of amides is 1. The van der Waals surface area contributed by atoms with Gasteiger partial charge in [0.25, 0.3) is 5.91 Å². The van der Waals surface area contributed by atoms with E-state index in [9.17, 15) is 14.3 Å². The van der Waals surface area contributed by atoms with E-state index in [0.717, 1.165) is 31.8 Å². The van der Waals surface area contributed by atoms with Gasteiger partial charge in [0.2, 0.25) is 0 Å². The molecule has 27 heavy (non-hydrogen) atoms. The Morgan fingerprint density at radius 2 is 1.96 bits per heavy atom. The second-order valence-electron chi connectivity index (χ2n) is 7.34. The number of carbonyl (C=O) groups is 1. The summed E-state index contributed by atoms with van der Waals surface area (Å²) in [5.41, 5.74) is 0.419. The molecule has 1 fully saturated rings. The number of likely N-dealkylation sites (tertiary alicyclic amines) is 1. The van der Waals surface area contributed by atoms with E-state index in [0.29, 0.717) is 24.6 Å². The monoisotopic (exact) mass is 374 g/mol. The molecule has 0 aliphatic carbocycles. The number of halogens is 1. The number of aliphatic hydroxyl groups is 1. The number of hydrogen-bond donors (Lipinski definition) is 1. The van der Waals surface area contributed by atoms with E-state index in [1.165, 1.54) is 24.3 Å². The van der Waals surface area contributed by atoms with E-state index in [1.54, 1.807) is 4.90 Å². The molecule has 1 N–H and O–H groups in total. The quantitative estimate of drug-likeness (QED) is 0.840. The molecule has 1 saturated heterocycles. The maximum atomic E-state index is 13.0. The van der Waals surface area contributed by atoms with Crippen LogP contribution in [0.15, 0.2) is 36.7 Å². The first-order valence-electron chi connectivity index (χ1n) is 9.34. The second kappa shape index (κ2) is 8.63. The van der Waals surface area contributed by atoms with Gasteiger partial charge in [0.1, 0.15) is 11.6 Å². The van der Waals surface area contributed by atoms with Crippen molar-refractivity contribution in [3.05, 3.63) is 53.9 Å². The minimum absolute atomic E-state index is 0.314. The molecular weight excluding hydrogens is 347 g/mol. The first kappa shape index (κ1) is 19.5. The molecule has 0 bridgehead atoms. The van der Waals surface area contributed by atoms with Crippen LogP contribution in [0.3, 0.4) is 0 Å². The van der Waals surface area contributed by atoms with Crippen LogP contribution in [0.2, 0.25) is 0 Å². The summed E-state index contributed by atoms with van der Waals surface area (Å²) in [6.07, 6.45) is 4.24. The molecule has 1 atom stereocenters. The smallest absolute Gasteiger partial charge is 0.256 e. The van der Waals surface area contributed by atoms with Crippen LogP contribution in [0, 0.1) is 5.82 Å². The van der Waals surface area contributed by atoms with E-state index < -0.39 is 6.10 Å². The van der Waals surface area contributed by atoms with Crippen molar-refractivity contribution in [2.24, 2.45) is 0 Å². The number of likely N-dealkylation sites (N-methyl/N-ethyl adjacent to an activating group) is 1. The summed E-state index contributed by atoms with van der Waals surface area (Å²) in [4.78, 5) is 20.9. The average molecular weight is 374 g/mol. The molecule has 1 aromatic heterocycles. The van der Waals surface area contributed by atoms with Gasteiger partial charge in [-0.05, 0) is 44.6 Å². The van der Waals surface area contributed by atoms with Crippen molar-refractivity contribution in [2.45, 2.75) is 31.4 Å². The predicted molar refractivity (Wildman–Crippen MR) is 101 cm³/mol. The van der Waals surface area contributed by atoms with Crippen LogP contribution in [-0.2, 0) is 11.3 Å². The molecule has 0 spiro atoms. The van der Waals surface area contributed by atoms with Gasteiger partial charge in [0.15, 0.2) is 6.10 Å². The second-order valence-corrected chi connectivity index (χ2v) is 7.34. The van der Waals surface area contributed by atoms with Gasteiger partial charge in [-0.25, -0.2) is 9.37 Å². The Morgan fingerprint density at radius 3 is 2.59 bits per heavy atom. The fraction of sp³-hybridized carbons (Fsp3) is 0.500. The summed E-state index contributed by atoms with van der Waals surface area (Å²) in [6, 6.07) is 5.41. The van der Waals surface area contributed by atoms with E-state index in [-0.39, 0.29) is 11.7 Å². The number of aromatic nitrogens is 2. The average Bonchev–Trinajstić information content (AvgIpc) is 3.14. The van der Waals surface area contributed by atoms with Gasteiger partial charge in [0, 0.05) is 44.5 Å². The first-order chi connectivity index (χ1) is 13.0. The van der Waals surface area contributed by atoms with Crippen molar-refractivity contribution in [2.75, 3.05) is 33.7 Å². The Hall–Kier alpha value is -2.25. The number of nitrogens with zero attached hydrogens (tertiary/aromatic N) is 4. The van der Waals surface area contributed by atoms with Crippen LogP contribution >= 0.6 is 0 Å². The Morgan fingerprint density at radius 1 is 1.30 bits per heavy atom. The molecule has 1 aliphatic rings. The summed E-state index contributed by atoms with van der Waals surface area (Å²) in [6.45, 7) is 3.01. The van der Waals surface area contributed by atoms with Crippen molar-refractivity contribution < 1.29 is 14.3 Å². The highest BCUT2D eigenvalue weighted by Gasteiger charge is 2.30. The largest absolute Gasteiger partial charge is 0.378 e. The lowest BCUT2D eigenvalue weighted by Crippen LogP contribution is -2.41. The fourth-order valence-corrected chi connectivity index (χ4v) is 3.50. The predicted octanol–water partition coefficient (Wildman–Crippen LogP) is 2.02. The van der Waals surface area contributed by atoms with Gasteiger partial charge in [-0.15, -0.1) is 0 Å². The van der Waals surface area contributed by atoms with Crippen LogP contribution in [0.25, 0.3) is 0 Å². The molecule has 1 aliphatic heterocycles. The summed E-state index contributed by atoms with van der Waals surface area (Å²) < 4.78 is 15.2. The van der Waals surface area contributed by atoms with Gasteiger partial charge < -0.3 is 19.5 Å². The summed E-state index contributed by atoms with van der Waals surface area (Å²) in [5.74, 6) is 0.678. The molecule has 146 valence electrons. The Balaban J connectivity index is 1.58. The van der Waals surface area contributed by atoms with Crippen molar-refractivity contribution in [1.82, 2.24) is 19.4 Å². The summed E-state index contributed by atoms with van der Waals surface area (Å²) in [7, 11) is 4.10. The minimum Gasteiger partial charge on any atom is -0.378 e. The maximum absolute atomic E-state index is 13.0. The lowest BCUT2D eigenvalue weighted by atomic mass is 9.95. The molecule has 1 unspecified atom stereocenters.